The molecule has 3 aromatic carbocycles. The molecule has 0 saturated carbocycles. The standard InChI is InChI=1S/C27H25N3O3/c1-29(17-21-12-13-24-25(16-21)33-15-14-32-24)27(31)23-19-30(18-20-8-4-2-5-9-20)28-26(23)22-10-6-3-7-11-22/h2-13,16,19H,14-15,17-18H2,1H3. The van der Waals surface area contributed by atoms with E-state index in [1.807, 2.05) is 84.7 Å². The SMILES string of the molecule is CN(Cc1ccc2c(c1)OCCO2)C(=O)c1cn(Cc2ccccc2)nc1-c1ccccc1. The van der Waals surface area contributed by atoms with E-state index < -0.39 is 0 Å². The second kappa shape index (κ2) is 9.20. The molecular weight excluding hydrogens is 414 g/mol. The highest BCUT2D eigenvalue weighted by Crippen LogP contribution is 2.31. The Morgan fingerprint density at radius 3 is 2.36 bits per heavy atom. The van der Waals surface area contributed by atoms with E-state index in [-0.39, 0.29) is 5.91 Å². The van der Waals surface area contributed by atoms with Gasteiger partial charge in [-0.1, -0.05) is 66.7 Å². The highest BCUT2D eigenvalue weighted by atomic mass is 16.6. The highest BCUT2D eigenvalue weighted by molar-refractivity contribution is 5.99. The van der Waals surface area contributed by atoms with Crippen molar-refractivity contribution in [2.75, 3.05) is 20.3 Å². The van der Waals surface area contributed by atoms with Crippen molar-refractivity contribution in [2.24, 2.45) is 0 Å². The third kappa shape index (κ3) is 4.60. The molecule has 166 valence electrons. The van der Waals surface area contributed by atoms with Crippen LogP contribution in [0.5, 0.6) is 11.5 Å². The second-order valence-electron chi connectivity index (χ2n) is 8.08. The molecule has 0 spiro atoms. The van der Waals surface area contributed by atoms with Crippen molar-refractivity contribution < 1.29 is 14.3 Å². The first-order chi connectivity index (χ1) is 16.2. The lowest BCUT2D eigenvalue weighted by Crippen LogP contribution is -2.26. The first-order valence-corrected chi connectivity index (χ1v) is 11.0. The Morgan fingerprint density at radius 2 is 1.61 bits per heavy atom. The zero-order chi connectivity index (χ0) is 22.6. The van der Waals surface area contributed by atoms with E-state index >= 15 is 0 Å². The van der Waals surface area contributed by atoms with Crippen LogP contribution >= 0.6 is 0 Å². The Bertz CT molecular complexity index is 1250. The summed E-state index contributed by atoms with van der Waals surface area (Å²) in [5, 5.41) is 4.78. The average molecular weight is 440 g/mol. The van der Waals surface area contributed by atoms with Gasteiger partial charge in [0, 0.05) is 25.4 Å². The molecule has 2 heterocycles. The second-order valence-corrected chi connectivity index (χ2v) is 8.08. The molecule has 1 amide bonds. The molecule has 0 fully saturated rings. The number of fused-ring (bicyclic) bond motifs is 1. The van der Waals surface area contributed by atoms with Crippen molar-refractivity contribution >= 4 is 5.91 Å². The van der Waals surface area contributed by atoms with Crippen molar-refractivity contribution in [3.05, 3.63) is 102 Å². The highest BCUT2D eigenvalue weighted by Gasteiger charge is 2.22. The zero-order valence-electron chi connectivity index (χ0n) is 18.5. The third-order valence-corrected chi connectivity index (χ3v) is 5.60. The van der Waals surface area contributed by atoms with Gasteiger partial charge in [-0.05, 0) is 23.3 Å². The van der Waals surface area contributed by atoms with Crippen molar-refractivity contribution in [2.45, 2.75) is 13.1 Å². The monoisotopic (exact) mass is 439 g/mol. The fourth-order valence-electron chi connectivity index (χ4n) is 3.98. The Balaban J connectivity index is 1.42. The van der Waals surface area contributed by atoms with Gasteiger partial charge in [-0.2, -0.15) is 5.10 Å². The summed E-state index contributed by atoms with van der Waals surface area (Å²) >= 11 is 0. The summed E-state index contributed by atoms with van der Waals surface area (Å²) in [6.45, 7) is 2.14. The van der Waals surface area contributed by atoms with E-state index in [2.05, 4.69) is 12.1 Å². The maximum atomic E-state index is 13.5. The van der Waals surface area contributed by atoms with Crippen LogP contribution in [0.4, 0.5) is 0 Å². The van der Waals surface area contributed by atoms with Crippen molar-refractivity contribution in [1.82, 2.24) is 14.7 Å². The molecule has 0 N–H and O–H groups in total. The van der Waals surface area contributed by atoms with Gasteiger partial charge in [0.15, 0.2) is 11.5 Å². The van der Waals surface area contributed by atoms with E-state index in [0.29, 0.717) is 37.6 Å². The molecule has 6 nitrogen and oxygen atoms in total. The van der Waals surface area contributed by atoms with E-state index in [1.54, 1.807) is 4.90 Å². The van der Waals surface area contributed by atoms with Crippen LogP contribution in [0.15, 0.2) is 85.1 Å². The van der Waals surface area contributed by atoms with E-state index in [4.69, 9.17) is 14.6 Å². The van der Waals surface area contributed by atoms with Crippen LogP contribution in [0.25, 0.3) is 11.3 Å². The Hall–Kier alpha value is -4.06. The molecule has 0 unspecified atom stereocenters. The summed E-state index contributed by atoms with van der Waals surface area (Å²) in [5.41, 5.74) is 4.29. The molecule has 1 aliphatic heterocycles. The Kier molecular flexibility index (Phi) is 5.81. The van der Waals surface area contributed by atoms with E-state index in [9.17, 15) is 4.79 Å². The van der Waals surface area contributed by atoms with Gasteiger partial charge in [0.1, 0.15) is 18.9 Å². The molecule has 4 aromatic rings. The number of amides is 1. The van der Waals surface area contributed by atoms with Crippen LogP contribution < -0.4 is 9.47 Å². The maximum absolute atomic E-state index is 13.5. The van der Waals surface area contributed by atoms with Crippen LogP contribution in [0, 0.1) is 0 Å². The predicted molar refractivity (Wildman–Crippen MR) is 126 cm³/mol. The van der Waals surface area contributed by atoms with Gasteiger partial charge in [-0.3, -0.25) is 9.48 Å². The number of carbonyl (C=O) groups is 1. The normalized spacial score (nSPS) is 12.4. The number of ether oxygens (including phenoxy) is 2. The van der Waals surface area contributed by atoms with Crippen LogP contribution in [0.3, 0.4) is 0 Å². The van der Waals surface area contributed by atoms with Gasteiger partial charge in [0.25, 0.3) is 5.91 Å². The maximum Gasteiger partial charge on any atom is 0.257 e. The number of aromatic nitrogens is 2. The lowest BCUT2D eigenvalue weighted by molar-refractivity contribution is 0.0785. The molecule has 33 heavy (non-hydrogen) atoms. The molecule has 0 atom stereocenters. The molecule has 1 aromatic heterocycles. The molecule has 6 heteroatoms. The summed E-state index contributed by atoms with van der Waals surface area (Å²) in [7, 11) is 1.81. The number of benzene rings is 3. The zero-order valence-corrected chi connectivity index (χ0v) is 18.5. The number of hydrogen-bond acceptors (Lipinski definition) is 4. The molecule has 1 aliphatic rings. The number of nitrogens with zero attached hydrogens (tertiary/aromatic N) is 3. The number of hydrogen-bond donors (Lipinski definition) is 0. The molecule has 0 bridgehead atoms. The number of rotatable bonds is 6. The summed E-state index contributed by atoms with van der Waals surface area (Å²) in [4.78, 5) is 15.2. The lowest BCUT2D eigenvalue weighted by Gasteiger charge is -2.21. The molecule has 0 saturated heterocycles. The van der Waals surface area contributed by atoms with Gasteiger partial charge < -0.3 is 14.4 Å². The minimum absolute atomic E-state index is 0.0805. The summed E-state index contributed by atoms with van der Waals surface area (Å²) < 4.78 is 13.1. The summed E-state index contributed by atoms with van der Waals surface area (Å²) in [5.74, 6) is 1.39. The van der Waals surface area contributed by atoms with Gasteiger partial charge in [0.05, 0.1) is 12.1 Å². The molecule has 0 aliphatic carbocycles. The van der Waals surface area contributed by atoms with Crippen LogP contribution in [0.2, 0.25) is 0 Å². The van der Waals surface area contributed by atoms with Gasteiger partial charge >= 0.3 is 0 Å². The van der Waals surface area contributed by atoms with Crippen molar-refractivity contribution in [3.8, 4) is 22.8 Å². The molecule has 5 rings (SSSR count). The lowest BCUT2D eigenvalue weighted by atomic mass is 10.1. The molecular formula is C27H25N3O3. The quantitative estimate of drug-likeness (QED) is 0.439. The van der Waals surface area contributed by atoms with E-state index in [0.717, 1.165) is 28.2 Å². The minimum Gasteiger partial charge on any atom is -0.486 e. The third-order valence-electron chi connectivity index (χ3n) is 5.60. The largest absolute Gasteiger partial charge is 0.486 e. The smallest absolute Gasteiger partial charge is 0.257 e. The topological polar surface area (TPSA) is 56.6 Å². The summed E-state index contributed by atoms with van der Waals surface area (Å²) in [6, 6.07) is 25.7. The first kappa shape index (κ1) is 20.8. The molecule has 0 radical (unpaired) electrons. The average Bonchev–Trinajstić information content (AvgIpc) is 3.28. The summed E-state index contributed by atoms with van der Waals surface area (Å²) in [6.07, 6.45) is 1.85. The van der Waals surface area contributed by atoms with Crippen LogP contribution in [-0.4, -0.2) is 40.8 Å². The predicted octanol–water partition coefficient (Wildman–Crippen LogP) is 4.64. The fraction of sp³-hybridized carbons (Fsp3) is 0.185. The van der Waals surface area contributed by atoms with Crippen LogP contribution in [-0.2, 0) is 13.1 Å². The Morgan fingerprint density at radius 1 is 0.909 bits per heavy atom. The van der Waals surface area contributed by atoms with Crippen molar-refractivity contribution in [3.63, 3.8) is 0 Å². The van der Waals surface area contributed by atoms with Gasteiger partial charge in [-0.25, -0.2) is 0 Å². The van der Waals surface area contributed by atoms with Gasteiger partial charge in [-0.15, -0.1) is 0 Å². The van der Waals surface area contributed by atoms with Crippen molar-refractivity contribution in [1.29, 1.82) is 0 Å². The van der Waals surface area contributed by atoms with Crippen LogP contribution in [0.1, 0.15) is 21.5 Å². The first-order valence-electron chi connectivity index (χ1n) is 11.0. The fourth-order valence-corrected chi connectivity index (χ4v) is 3.98. The van der Waals surface area contributed by atoms with E-state index in [1.165, 1.54) is 0 Å². The minimum atomic E-state index is -0.0805. The Labute approximate surface area is 193 Å². The van der Waals surface area contributed by atoms with Gasteiger partial charge in [0.2, 0.25) is 0 Å². The number of carbonyl (C=O) groups excluding carboxylic acids is 1.